The molecule has 4 aliphatic rings. The van der Waals surface area contributed by atoms with Crippen molar-refractivity contribution in [1.29, 1.82) is 0 Å². The summed E-state index contributed by atoms with van der Waals surface area (Å²) in [6, 6.07) is 3.39. The van der Waals surface area contributed by atoms with Gasteiger partial charge in [-0.25, -0.2) is 13.8 Å². The molecule has 146 valence electrons. The molecule has 2 aliphatic heterocycles. The Balaban J connectivity index is 1.30. The van der Waals surface area contributed by atoms with Gasteiger partial charge in [0, 0.05) is 30.3 Å². The van der Waals surface area contributed by atoms with Gasteiger partial charge in [0.25, 0.3) is 0 Å². The zero-order valence-electron chi connectivity index (χ0n) is 15.6. The third-order valence-electron chi connectivity index (χ3n) is 6.26. The van der Waals surface area contributed by atoms with Crippen molar-refractivity contribution >= 4 is 12.1 Å². The number of allylic oxidation sites excluding steroid dienone is 2. The first-order valence-corrected chi connectivity index (χ1v) is 10.0. The van der Waals surface area contributed by atoms with Crippen LogP contribution in [-0.2, 0) is 0 Å². The molecular formula is C21H23F2N5. The Morgan fingerprint density at radius 1 is 1.04 bits per heavy atom. The second-order valence-electron chi connectivity index (χ2n) is 7.97. The van der Waals surface area contributed by atoms with Crippen LogP contribution in [0.4, 0.5) is 8.78 Å². The summed E-state index contributed by atoms with van der Waals surface area (Å²) in [5.41, 5.74) is 1.42. The molecule has 1 aromatic heterocycles. The minimum Gasteiger partial charge on any atom is -0.314 e. The van der Waals surface area contributed by atoms with E-state index in [0.717, 1.165) is 50.2 Å². The molecule has 0 bridgehead atoms. The maximum Gasteiger partial charge on any atom is 0.149 e. The van der Waals surface area contributed by atoms with Crippen LogP contribution in [0.2, 0.25) is 0 Å². The smallest absolute Gasteiger partial charge is 0.149 e. The third kappa shape index (κ3) is 3.12. The number of hydrazone groups is 1. The molecule has 5 rings (SSSR count). The number of hydrogen-bond donors (Lipinski definition) is 0. The number of aromatic nitrogens is 1. The van der Waals surface area contributed by atoms with Gasteiger partial charge in [-0.2, -0.15) is 5.10 Å². The highest BCUT2D eigenvalue weighted by atomic mass is 19.1. The monoisotopic (exact) mass is 383 g/mol. The molecule has 1 aromatic rings. The molecule has 3 heterocycles. The first-order valence-electron chi connectivity index (χ1n) is 10.0. The summed E-state index contributed by atoms with van der Waals surface area (Å²) in [5, 5.41) is 6.68. The lowest BCUT2D eigenvalue weighted by atomic mass is 9.83. The van der Waals surface area contributed by atoms with Crippen LogP contribution in [0.3, 0.4) is 0 Å². The summed E-state index contributed by atoms with van der Waals surface area (Å²) >= 11 is 0. The molecule has 0 aromatic carbocycles. The molecule has 2 aliphatic carbocycles. The molecule has 7 heteroatoms. The van der Waals surface area contributed by atoms with E-state index < -0.39 is 0 Å². The lowest BCUT2D eigenvalue weighted by molar-refractivity contribution is 0.179. The number of pyridine rings is 1. The van der Waals surface area contributed by atoms with Crippen LogP contribution in [0.1, 0.15) is 50.1 Å². The van der Waals surface area contributed by atoms with E-state index in [0.29, 0.717) is 12.1 Å². The van der Waals surface area contributed by atoms with Gasteiger partial charge in [0.15, 0.2) is 0 Å². The topological polar surface area (TPSA) is 44.1 Å². The van der Waals surface area contributed by atoms with Gasteiger partial charge in [0.05, 0.1) is 17.9 Å². The molecule has 0 amide bonds. The summed E-state index contributed by atoms with van der Waals surface area (Å²) in [4.78, 5) is 11.0. The van der Waals surface area contributed by atoms with Crippen molar-refractivity contribution in [3.63, 3.8) is 0 Å². The lowest BCUT2D eigenvalue weighted by Gasteiger charge is -2.34. The Hall–Kier alpha value is -2.57. The van der Waals surface area contributed by atoms with Crippen LogP contribution >= 0.6 is 0 Å². The summed E-state index contributed by atoms with van der Waals surface area (Å²) in [6.45, 7) is 0.781. The van der Waals surface area contributed by atoms with Crippen molar-refractivity contribution in [2.24, 2.45) is 16.0 Å². The molecule has 0 spiro atoms. The number of aliphatic imine (C=N–C) groups is 1. The molecule has 0 saturated heterocycles. The fourth-order valence-corrected chi connectivity index (χ4v) is 4.72. The Bertz CT molecular complexity index is 883. The van der Waals surface area contributed by atoms with E-state index in [9.17, 15) is 8.78 Å². The fourth-order valence-electron chi connectivity index (χ4n) is 4.72. The predicted octanol–water partition coefficient (Wildman–Crippen LogP) is 4.32. The molecule has 1 atom stereocenters. The molecule has 5 nitrogen and oxygen atoms in total. The Morgan fingerprint density at radius 3 is 2.71 bits per heavy atom. The second kappa shape index (κ2) is 7.11. The van der Waals surface area contributed by atoms with Crippen LogP contribution in [0, 0.1) is 11.7 Å². The Labute approximate surface area is 163 Å². The van der Waals surface area contributed by atoms with Crippen molar-refractivity contribution in [3.8, 4) is 0 Å². The average molecular weight is 383 g/mol. The number of nitrogens with zero attached hydrogens (tertiary/aromatic N) is 5. The third-order valence-corrected chi connectivity index (χ3v) is 6.26. The quantitative estimate of drug-likeness (QED) is 0.764. The van der Waals surface area contributed by atoms with Crippen molar-refractivity contribution < 1.29 is 8.78 Å². The number of halogens is 2. The molecule has 1 fully saturated rings. The van der Waals surface area contributed by atoms with Crippen LogP contribution in [0.25, 0.3) is 0 Å². The SMILES string of the molecule is FC1=CC2=NC=C3N(C=NN3C3CCC(c4ncccc4F)CC3)CC2CC1. The summed E-state index contributed by atoms with van der Waals surface area (Å²) in [7, 11) is 0. The van der Waals surface area contributed by atoms with Crippen LogP contribution in [-0.4, -0.2) is 39.5 Å². The molecule has 0 N–H and O–H groups in total. The van der Waals surface area contributed by atoms with Gasteiger partial charge < -0.3 is 4.90 Å². The summed E-state index contributed by atoms with van der Waals surface area (Å²) < 4.78 is 27.7. The van der Waals surface area contributed by atoms with Crippen LogP contribution in [0.15, 0.2) is 52.3 Å². The van der Waals surface area contributed by atoms with E-state index in [1.807, 2.05) is 17.5 Å². The Kier molecular flexibility index (Phi) is 4.45. The lowest BCUT2D eigenvalue weighted by Crippen LogP contribution is -2.36. The maximum atomic E-state index is 14.1. The predicted molar refractivity (Wildman–Crippen MR) is 104 cm³/mol. The maximum absolute atomic E-state index is 14.1. The van der Waals surface area contributed by atoms with Gasteiger partial charge in [-0.1, -0.05) is 0 Å². The molecule has 1 saturated carbocycles. The van der Waals surface area contributed by atoms with Gasteiger partial charge in [0.2, 0.25) is 0 Å². The van der Waals surface area contributed by atoms with Gasteiger partial charge in [-0.3, -0.25) is 9.98 Å². The van der Waals surface area contributed by atoms with E-state index in [2.05, 4.69) is 20.0 Å². The minimum atomic E-state index is -0.207. The normalized spacial score (nSPS) is 29.5. The minimum absolute atomic E-state index is 0.0824. The number of fused-ring (bicyclic) bond motifs is 2. The number of rotatable bonds is 2. The highest BCUT2D eigenvalue weighted by Crippen LogP contribution is 2.38. The first-order chi connectivity index (χ1) is 13.7. The van der Waals surface area contributed by atoms with E-state index in [1.165, 1.54) is 6.07 Å². The highest BCUT2D eigenvalue weighted by Gasteiger charge is 2.35. The Morgan fingerprint density at radius 2 is 1.89 bits per heavy atom. The summed E-state index contributed by atoms with van der Waals surface area (Å²) in [5.74, 6) is 1.08. The largest absolute Gasteiger partial charge is 0.314 e. The van der Waals surface area contributed by atoms with Gasteiger partial charge in [0.1, 0.15) is 23.8 Å². The molecule has 0 radical (unpaired) electrons. The fraction of sp³-hybridized carbons (Fsp3) is 0.476. The van der Waals surface area contributed by atoms with E-state index in [4.69, 9.17) is 0 Å². The molecule has 28 heavy (non-hydrogen) atoms. The zero-order valence-corrected chi connectivity index (χ0v) is 15.6. The van der Waals surface area contributed by atoms with Crippen molar-refractivity contribution in [3.05, 3.63) is 53.8 Å². The second-order valence-corrected chi connectivity index (χ2v) is 7.97. The molecular weight excluding hydrogens is 360 g/mol. The highest BCUT2D eigenvalue weighted by molar-refractivity contribution is 5.99. The first kappa shape index (κ1) is 17.5. The van der Waals surface area contributed by atoms with Gasteiger partial charge in [-0.15, -0.1) is 0 Å². The van der Waals surface area contributed by atoms with Gasteiger partial charge >= 0.3 is 0 Å². The summed E-state index contributed by atoms with van der Waals surface area (Å²) in [6.07, 6.45) is 11.9. The standard InChI is InChI=1S/C21H23F2N5/c22-16-6-3-15-12-27-13-26-28(20(27)11-25-19(15)10-16)17-7-4-14(5-8-17)21-18(23)2-1-9-24-21/h1-2,9-11,13-15,17H,3-8,12H2. The average Bonchev–Trinajstić information content (AvgIpc) is 3.02. The number of hydrogen-bond acceptors (Lipinski definition) is 5. The van der Waals surface area contributed by atoms with E-state index in [1.54, 1.807) is 18.3 Å². The van der Waals surface area contributed by atoms with Gasteiger partial charge in [-0.05, 0) is 56.7 Å². The van der Waals surface area contributed by atoms with Crippen molar-refractivity contribution in [2.45, 2.75) is 50.5 Å². The van der Waals surface area contributed by atoms with Crippen LogP contribution < -0.4 is 0 Å². The van der Waals surface area contributed by atoms with Crippen LogP contribution in [0.5, 0.6) is 0 Å². The van der Waals surface area contributed by atoms with Crippen molar-refractivity contribution in [1.82, 2.24) is 14.9 Å². The van der Waals surface area contributed by atoms with E-state index >= 15 is 0 Å². The zero-order chi connectivity index (χ0) is 19.1. The van der Waals surface area contributed by atoms with E-state index in [-0.39, 0.29) is 29.5 Å². The van der Waals surface area contributed by atoms with Crippen molar-refractivity contribution in [2.75, 3.05) is 6.54 Å². The molecule has 1 unspecified atom stereocenters.